The smallest absolute Gasteiger partial charge is 0.198 e. The Kier molecular flexibility index (Phi) is 3.54. The highest BCUT2D eigenvalue weighted by atomic mass is 14.9. The Bertz CT molecular complexity index is 1050. The lowest BCUT2D eigenvalue weighted by atomic mass is 9.91. The van der Waals surface area contributed by atoms with Crippen molar-refractivity contribution in [2.45, 2.75) is 52.4 Å². The molecule has 25 heavy (non-hydrogen) atoms. The molecule has 1 heterocycles. The number of hydrogen-bond acceptors (Lipinski definition) is 0. The molecular formula is C24H28N+. The zero-order valence-electron chi connectivity index (χ0n) is 17.7. The van der Waals surface area contributed by atoms with Gasteiger partial charge in [-0.1, -0.05) is 43.1 Å². The van der Waals surface area contributed by atoms with Gasteiger partial charge in [0, 0.05) is 18.1 Å². The zero-order chi connectivity index (χ0) is 19.3. The van der Waals surface area contributed by atoms with Crippen LogP contribution in [-0.2, 0) is 7.05 Å². The number of aromatic nitrogens is 1. The predicted octanol–water partition coefficient (Wildman–Crippen LogP) is 5.91. The molecule has 0 N–H and O–H groups in total. The van der Waals surface area contributed by atoms with Gasteiger partial charge < -0.3 is 0 Å². The van der Waals surface area contributed by atoms with Crippen LogP contribution in [0.25, 0.3) is 22.0 Å². The summed E-state index contributed by atoms with van der Waals surface area (Å²) in [5, 5.41) is 2.53. The van der Waals surface area contributed by atoms with Gasteiger partial charge in [0.25, 0.3) is 0 Å². The van der Waals surface area contributed by atoms with Crippen molar-refractivity contribution < 1.29 is 7.31 Å². The highest BCUT2D eigenvalue weighted by Gasteiger charge is 2.24. The monoisotopic (exact) mass is 332 g/mol. The zero-order valence-corrected chi connectivity index (χ0v) is 15.7. The summed E-state index contributed by atoms with van der Waals surface area (Å²) in [5.41, 5.74) is 7.08. The Labute approximate surface area is 154 Å². The van der Waals surface area contributed by atoms with E-state index in [1.54, 1.807) is 6.07 Å². The molecular weight excluding hydrogens is 302 g/mol. The van der Waals surface area contributed by atoms with E-state index in [2.05, 4.69) is 43.7 Å². The van der Waals surface area contributed by atoms with Crippen molar-refractivity contribution in [2.24, 2.45) is 7.05 Å². The van der Waals surface area contributed by atoms with Gasteiger partial charge in [-0.3, -0.25) is 0 Å². The predicted molar refractivity (Wildman–Crippen MR) is 106 cm³/mol. The van der Waals surface area contributed by atoms with E-state index in [1.165, 1.54) is 53.3 Å². The molecule has 1 saturated carbocycles. The van der Waals surface area contributed by atoms with Crippen LogP contribution in [0.4, 0.5) is 0 Å². The van der Waals surface area contributed by atoms with Gasteiger partial charge in [0.15, 0.2) is 5.69 Å². The Morgan fingerprint density at radius 1 is 1.04 bits per heavy atom. The third kappa shape index (κ3) is 2.66. The van der Waals surface area contributed by atoms with E-state index in [0.717, 1.165) is 16.8 Å². The van der Waals surface area contributed by atoms with Gasteiger partial charge in [0.2, 0.25) is 5.69 Å². The average Bonchev–Trinajstić information content (AvgIpc) is 3.18. The number of aryl methyl sites for hydroxylation is 1. The molecule has 2 aromatic carbocycles. The maximum absolute atomic E-state index is 8.24. The lowest BCUT2D eigenvalue weighted by Crippen LogP contribution is -2.36. The third-order valence-corrected chi connectivity index (χ3v) is 6.17. The van der Waals surface area contributed by atoms with Gasteiger partial charge in [0.05, 0.1) is 8.13 Å². The minimum Gasteiger partial charge on any atom is -0.198 e. The van der Waals surface area contributed by atoms with Crippen molar-refractivity contribution in [3.05, 3.63) is 64.8 Å². The van der Waals surface area contributed by atoms with Crippen molar-refractivity contribution >= 4 is 10.8 Å². The van der Waals surface area contributed by atoms with E-state index < -0.39 is 0 Å². The highest BCUT2D eigenvalue weighted by Crippen LogP contribution is 2.37. The van der Waals surface area contributed by atoms with Crippen LogP contribution < -0.4 is 4.57 Å². The van der Waals surface area contributed by atoms with Crippen molar-refractivity contribution in [1.82, 2.24) is 0 Å². The van der Waals surface area contributed by atoms with Crippen molar-refractivity contribution in [3.63, 3.8) is 0 Å². The Hall–Kier alpha value is -2.15. The number of rotatable bonds is 2. The van der Waals surface area contributed by atoms with E-state index in [0.29, 0.717) is 18.0 Å². The maximum atomic E-state index is 8.24. The van der Waals surface area contributed by atoms with Gasteiger partial charge in [-0.05, 0) is 61.3 Å². The molecule has 1 heteroatoms. The molecule has 0 bridgehead atoms. The van der Waals surface area contributed by atoms with Crippen LogP contribution in [0.1, 0.15) is 56.7 Å². The summed E-state index contributed by atoms with van der Waals surface area (Å²) >= 11 is 0. The number of nitrogens with zero attached hydrogens (tertiary/aromatic N) is 1. The summed E-state index contributed by atoms with van der Waals surface area (Å²) in [6.45, 7) is 6.37. The van der Waals surface area contributed by atoms with Crippen molar-refractivity contribution in [2.75, 3.05) is 0 Å². The summed E-state index contributed by atoms with van der Waals surface area (Å²) in [7, 11) is 2.10. The van der Waals surface area contributed by atoms with Crippen LogP contribution in [-0.4, -0.2) is 0 Å². The first kappa shape index (κ1) is 14.1. The number of benzene rings is 2. The molecule has 0 radical (unpaired) electrons. The van der Waals surface area contributed by atoms with Crippen LogP contribution in [0.2, 0.25) is 0 Å². The first-order valence-corrected chi connectivity index (χ1v) is 9.39. The second-order valence-electron chi connectivity index (χ2n) is 7.54. The Balaban J connectivity index is 2.03. The van der Waals surface area contributed by atoms with E-state index >= 15 is 0 Å². The molecule has 0 amide bonds. The van der Waals surface area contributed by atoms with E-state index in [1.807, 2.05) is 13.0 Å². The average molecular weight is 333 g/mol. The molecule has 0 aliphatic heterocycles. The summed E-state index contributed by atoms with van der Waals surface area (Å²) in [6, 6.07) is 11.3. The normalized spacial score (nSPS) is 16.3. The van der Waals surface area contributed by atoms with E-state index in [-0.39, 0.29) is 0 Å². The van der Waals surface area contributed by atoms with Crippen LogP contribution in [0, 0.1) is 20.8 Å². The number of pyridine rings is 1. The molecule has 0 unspecified atom stereocenters. The summed E-state index contributed by atoms with van der Waals surface area (Å²) in [6.07, 6.45) is 5.30. The fourth-order valence-corrected chi connectivity index (χ4v) is 4.42. The van der Waals surface area contributed by atoms with Crippen molar-refractivity contribution in [1.29, 1.82) is 0 Å². The SMILES string of the molecule is [2H]c1cc([2H])c(C)c(-c2c3ccc(C4CCCC4)cc3c(C)c(C)[n+]2C)c1. The van der Waals surface area contributed by atoms with Gasteiger partial charge in [-0.2, -0.15) is 4.57 Å². The highest BCUT2D eigenvalue weighted by molar-refractivity contribution is 5.96. The molecule has 1 aliphatic rings. The lowest BCUT2D eigenvalue weighted by molar-refractivity contribution is -0.665. The summed E-state index contributed by atoms with van der Waals surface area (Å²) in [5.74, 6) is 0.699. The molecule has 0 saturated heterocycles. The Morgan fingerprint density at radius 3 is 2.56 bits per heavy atom. The largest absolute Gasteiger partial charge is 0.220 e. The van der Waals surface area contributed by atoms with Crippen molar-refractivity contribution in [3.8, 4) is 11.3 Å². The standard InChI is InChI=1S/C24H28N/c1-16-9-5-8-12-21(16)24-22-14-13-20(19-10-6-7-11-19)15-23(22)17(2)18(3)25(24)4/h5,8-9,12-15,19H,6-7,10-11H2,1-4H3/q+1/i8D,9D. The van der Waals surface area contributed by atoms with Crippen LogP contribution >= 0.6 is 0 Å². The summed E-state index contributed by atoms with van der Waals surface area (Å²) < 4.78 is 18.6. The molecule has 1 aromatic heterocycles. The van der Waals surface area contributed by atoms with Gasteiger partial charge >= 0.3 is 0 Å². The lowest BCUT2D eigenvalue weighted by Gasteiger charge is -2.15. The molecule has 3 aromatic rings. The minimum absolute atomic E-state index is 0.398. The minimum atomic E-state index is 0.398. The first-order valence-electron chi connectivity index (χ1n) is 10.4. The molecule has 1 fully saturated rings. The fraction of sp³-hybridized carbons (Fsp3) is 0.375. The Morgan fingerprint density at radius 2 is 1.80 bits per heavy atom. The van der Waals surface area contributed by atoms with Crippen LogP contribution in [0.15, 0.2) is 42.4 Å². The van der Waals surface area contributed by atoms with Crippen LogP contribution in [0.5, 0.6) is 0 Å². The van der Waals surface area contributed by atoms with E-state index in [9.17, 15) is 0 Å². The molecule has 1 aliphatic carbocycles. The first-order chi connectivity index (χ1) is 12.9. The third-order valence-electron chi connectivity index (χ3n) is 6.17. The van der Waals surface area contributed by atoms with Crippen LogP contribution in [0.3, 0.4) is 0 Å². The topological polar surface area (TPSA) is 3.88 Å². The molecule has 4 rings (SSSR count). The van der Waals surface area contributed by atoms with E-state index in [4.69, 9.17) is 2.74 Å². The number of hydrogen-bond donors (Lipinski definition) is 0. The molecule has 0 atom stereocenters. The second kappa shape index (κ2) is 6.29. The summed E-state index contributed by atoms with van der Waals surface area (Å²) in [4.78, 5) is 0. The fourth-order valence-electron chi connectivity index (χ4n) is 4.42. The molecule has 1 nitrogen and oxygen atoms in total. The maximum Gasteiger partial charge on any atom is 0.220 e. The van der Waals surface area contributed by atoms with Gasteiger partial charge in [-0.15, -0.1) is 0 Å². The molecule has 0 spiro atoms. The molecule has 128 valence electrons. The van der Waals surface area contributed by atoms with Gasteiger partial charge in [-0.25, -0.2) is 0 Å². The quantitative estimate of drug-likeness (QED) is 0.513. The second-order valence-corrected chi connectivity index (χ2v) is 7.54. The van der Waals surface area contributed by atoms with Gasteiger partial charge in [0.1, 0.15) is 7.05 Å². The number of fused-ring (bicyclic) bond motifs is 1.